The molecule has 0 N–H and O–H groups in total. The first-order valence-electron chi connectivity index (χ1n) is 9.65. The van der Waals surface area contributed by atoms with Crippen molar-refractivity contribution in [2.24, 2.45) is 0 Å². The number of carbonyl (C=O) groups is 1. The fourth-order valence-corrected chi connectivity index (χ4v) is 4.19. The number of benzene rings is 2. The summed E-state index contributed by atoms with van der Waals surface area (Å²) in [6.45, 7) is -0.226. The number of ether oxygens (including phenoxy) is 2. The van der Waals surface area contributed by atoms with Crippen molar-refractivity contribution in [3.05, 3.63) is 71.8 Å². The van der Waals surface area contributed by atoms with Gasteiger partial charge in [-0.05, 0) is 5.56 Å². The van der Waals surface area contributed by atoms with Gasteiger partial charge in [-0.1, -0.05) is 60.7 Å². The van der Waals surface area contributed by atoms with Crippen LogP contribution in [-0.4, -0.2) is 44.9 Å². The molecule has 6 nitrogen and oxygen atoms in total. The summed E-state index contributed by atoms with van der Waals surface area (Å²) >= 11 is 0. The first-order valence-corrected chi connectivity index (χ1v) is 11.1. The molecule has 0 saturated carbocycles. The molecular formula is C21H19F5O6S. The molecule has 0 aliphatic carbocycles. The molecule has 2 aromatic rings. The Morgan fingerprint density at radius 2 is 1.45 bits per heavy atom. The number of Topliss-reactive ketones (excluding diaryl/α,β-unsaturated/α-hetero) is 1. The summed E-state index contributed by atoms with van der Waals surface area (Å²) in [6, 6.07) is 14.3. The van der Waals surface area contributed by atoms with Gasteiger partial charge >= 0.3 is 21.5 Å². The summed E-state index contributed by atoms with van der Waals surface area (Å²) in [5, 5.41) is -5.22. The maximum absolute atomic E-state index is 14.5. The van der Waals surface area contributed by atoms with Crippen LogP contribution in [-0.2, 0) is 40.8 Å². The summed E-state index contributed by atoms with van der Waals surface area (Å²) in [6.07, 6.45) is -11.0. The molecule has 1 aliphatic heterocycles. The topological polar surface area (TPSA) is 78.9 Å². The molecule has 0 amide bonds. The Kier molecular flexibility index (Phi) is 7.22. The minimum atomic E-state index is -6.33. The molecule has 0 bridgehead atoms. The monoisotopic (exact) mass is 494 g/mol. The molecule has 3 rings (SSSR count). The first-order chi connectivity index (χ1) is 15.4. The highest BCUT2D eigenvalue weighted by Crippen LogP contribution is 2.42. The highest BCUT2D eigenvalue weighted by atomic mass is 32.2. The second kappa shape index (κ2) is 9.45. The molecule has 12 heteroatoms. The van der Waals surface area contributed by atoms with Crippen LogP contribution in [0.3, 0.4) is 0 Å². The third kappa shape index (κ3) is 5.57. The van der Waals surface area contributed by atoms with E-state index in [2.05, 4.69) is 4.18 Å². The lowest BCUT2D eigenvalue weighted by atomic mass is 9.99. The summed E-state index contributed by atoms with van der Waals surface area (Å²) < 4.78 is 109. The SMILES string of the molecule is O=C(Cc1ccccc1)C(F)(F)S(=O)(=O)OC(CC1(c2ccccc2)OCCO1)C(F)(F)F. The van der Waals surface area contributed by atoms with Crippen LogP contribution in [0.4, 0.5) is 22.0 Å². The average molecular weight is 494 g/mol. The van der Waals surface area contributed by atoms with E-state index in [0.717, 1.165) is 0 Å². The highest BCUT2D eigenvalue weighted by molar-refractivity contribution is 7.88. The molecule has 0 spiro atoms. The van der Waals surface area contributed by atoms with Gasteiger partial charge in [-0.15, -0.1) is 0 Å². The molecule has 1 atom stereocenters. The zero-order valence-electron chi connectivity index (χ0n) is 16.9. The Morgan fingerprint density at radius 1 is 0.939 bits per heavy atom. The van der Waals surface area contributed by atoms with Crippen LogP contribution in [0.5, 0.6) is 0 Å². The lowest BCUT2D eigenvalue weighted by Crippen LogP contribution is -2.47. The van der Waals surface area contributed by atoms with Crippen molar-refractivity contribution < 1.29 is 48.8 Å². The third-order valence-electron chi connectivity index (χ3n) is 4.88. The Labute approximate surface area is 186 Å². The Bertz CT molecular complexity index is 1050. The minimum Gasteiger partial charge on any atom is -0.343 e. The van der Waals surface area contributed by atoms with Crippen LogP contribution >= 0.6 is 0 Å². The van der Waals surface area contributed by atoms with Crippen molar-refractivity contribution >= 4 is 15.9 Å². The number of rotatable bonds is 9. The number of alkyl halides is 5. The molecule has 1 unspecified atom stereocenters. The fourth-order valence-electron chi connectivity index (χ4n) is 3.23. The highest BCUT2D eigenvalue weighted by Gasteiger charge is 2.59. The van der Waals surface area contributed by atoms with Gasteiger partial charge in [0.2, 0.25) is 5.78 Å². The summed E-state index contributed by atoms with van der Waals surface area (Å²) in [5.41, 5.74) is 0.171. The molecule has 180 valence electrons. The van der Waals surface area contributed by atoms with E-state index in [1.54, 1.807) is 6.07 Å². The van der Waals surface area contributed by atoms with E-state index >= 15 is 0 Å². The molecule has 0 aromatic heterocycles. The van der Waals surface area contributed by atoms with E-state index in [9.17, 15) is 35.2 Å². The van der Waals surface area contributed by atoms with Gasteiger partial charge in [-0.2, -0.15) is 30.4 Å². The lowest BCUT2D eigenvalue weighted by Gasteiger charge is -2.32. The Hall–Kier alpha value is -2.41. The maximum atomic E-state index is 14.5. The van der Waals surface area contributed by atoms with Crippen LogP contribution in [0, 0.1) is 0 Å². The van der Waals surface area contributed by atoms with Crippen molar-refractivity contribution in [2.75, 3.05) is 13.2 Å². The van der Waals surface area contributed by atoms with Gasteiger partial charge in [0.1, 0.15) is 0 Å². The van der Waals surface area contributed by atoms with Crippen molar-refractivity contribution in [1.29, 1.82) is 0 Å². The first kappa shape index (κ1) is 25.2. The fraction of sp³-hybridized carbons (Fsp3) is 0.381. The van der Waals surface area contributed by atoms with Crippen LogP contribution in [0.1, 0.15) is 17.5 Å². The van der Waals surface area contributed by atoms with Gasteiger partial charge in [0.15, 0.2) is 11.9 Å². The van der Waals surface area contributed by atoms with Gasteiger partial charge in [-0.25, -0.2) is 0 Å². The normalized spacial score (nSPS) is 17.6. The van der Waals surface area contributed by atoms with E-state index < -0.39 is 52.1 Å². The smallest absolute Gasteiger partial charge is 0.343 e. The van der Waals surface area contributed by atoms with Gasteiger partial charge < -0.3 is 9.47 Å². The number of ketones is 1. The van der Waals surface area contributed by atoms with Gasteiger partial charge in [0.25, 0.3) is 0 Å². The van der Waals surface area contributed by atoms with E-state index in [-0.39, 0.29) is 24.3 Å². The Balaban J connectivity index is 1.86. The largest absolute Gasteiger partial charge is 0.427 e. The number of hydrogen-bond donors (Lipinski definition) is 0. The number of halogens is 5. The minimum absolute atomic E-state index is 0.0560. The molecular weight excluding hydrogens is 475 g/mol. The molecule has 1 saturated heterocycles. The second-order valence-corrected chi connectivity index (χ2v) is 8.82. The van der Waals surface area contributed by atoms with E-state index in [1.807, 2.05) is 0 Å². The summed E-state index contributed by atoms with van der Waals surface area (Å²) in [5.74, 6) is -4.19. The number of hydrogen-bond acceptors (Lipinski definition) is 6. The maximum Gasteiger partial charge on any atom is 0.427 e. The van der Waals surface area contributed by atoms with E-state index in [1.165, 1.54) is 54.6 Å². The van der Waals surface area contributed by atoms with Crippen molar-refractivity contribution in [2.45, 2.75) is 36.2 Å². The van der Waals surface area contributed by atoms with Crippen LogP contribution in [0.2, 0.25) is 0 Å². The summed E-state index contributed by atoms with van der Waals surface area (Å²) in [7, 11) is -6.33. The van der Waals surface area contributed by atoms with Crippen molar-refractivity contribution in [3.8, 4) is 0 Å². The van der Waals surface area contributed by atoms with E-state index in [0.29, 0.717) is 0 Å². The van der Waals surface area contributed by atoms with E-state index in [4.69, 9.17) is 9.47 Å². The molecule has 0 radical (unpaired) electrons. The molecule has 2 aromatic carbocycles. The zero-order valence-corrected chi connectivity index (χ0v) is 17.7. The number of carbonyl (C=O) groups excluding carboxylic acids is 1. The predicted octanol–water partition coefficient (Wildman–Crippen LogP) is 3.96. The van der Waals surface area contributed by atoms with Crippen molar-refractivity contribution in [1.82, 2.24) is 0 Å². The third-order valence-corrected chi connectivity index (χ3v) is 6.22. The summed E-state index contributed by atoms with van der Waals surface area (Å²) in [4.78, 5) is 12.0. The zero-order chi connectivity index (χ0) is 24.3. The second-order valence-electron chi connectivity index (χ2n) is 7.20. The standard InChI is InChI=1S/C21H19F5O6S/c22-20(23,24)18(14-19(30-11-12-31-19)16-9-5-2-6-10-16)32-33(28,29)21(25,26)17(27)13-15-7-3-1-4-8-15/h1-10,18H,11-14H2. The van der Waals surface area contributed by atoms with Crippen LogP contribution < -0.4 is 0 Å². The van der Waals surface area contributed by atoms with Gasteiger partial charge in [-0.3, -0.25) is 8.98 Å². The molecule has 1 aliphatic rings. The van der Waals surface area contributed by atoms with Crippen molar-refractivity contribution in [3.63, 3.8) is 0 Å². The Morgan fingerprint density at radius 3 is 1.97 bits per heavy atom. The van der Waals surface area contributed by atoms with Gasteiger partial charge in [0, 0.05) is 18.4 Å². The molecule has 1 heterocycles. The average Bonchev–Trinajstić information content (AvgIpc) is 3.23. The van der Waals surface area contributed by atoms with Crippen LogP contribution in [0.25, 0.3) is 0 Å². The quantitative estimate of drug-likeness (QED) is 0.388. The lowest BCUT2D eigenvalue weighted by molar-refractivity contribution is -0.244. The predicted molar refractivity (Wildman–Crippen MR) is 105 cm³/mol. The van der Waals surface area contributed by atoms with Gasteiger partial charge in [0.05, 0.1) is 13.2 Å². The van der Waals surface area contributed by atoms with Crippen LogP contribution in [0.15, 0.2) is 60.7 Å². The molecule has 1 fully saturated rings. The molecule has 33 heavy (non-hydrogen) atoms.